The van der Waals surface area contributed by atoms with Crippen LogP contribution in [0.4, 0.5) is 0 Å². The lowest BCUT2D eigenvalue weighted by molar-refractivity contribution is 0.833. The number of aromatic nitrogens is 2. The molecule has 0 saturated carbocycles. The molecule has 1 heterocycles. The van der Waals surface area contributed by atoms with Gasteiger partial charge in [-0.1, -0.05) is 18.2 Å². The third-order valence-electron chi connectivity index (χ3n) is 2.21. The fourth-order valence-corrected chi connectivity index (χ4v) is 1.41. The molecule has 0 unspecified atom stereocenters. The second-order valence-corrected chi connectivity index (χ2v) is 3.24. The van der Waals surface area contributed by atoms with E-state index in [9.17, 15) is 0 Å². The predicted octanol–water partition coefficient (Wildman–Crippen LogP) is 1.64. The lowest BCUT2D eigenvalue weighted by atomic mass is 10.3. The van der Waals surface area contributed by atoms with Gasteiger partial charge in [0, 0.05) is 12.7 Å². The molecule has 0 aliphatic carbocycles. The maximum absolute atomic E-state index is 5.57. The van der Waals surface area contributed by atoms with Gasteiger partial charge in [0.05, 0.1) is 11.4 Å². The summed E-state index contributed by atoms with van der Waals surface area (Å²) < 4.78 is 1.86. The largest absolute Gasteiger partial charge is 0.325 e. The summed E-state index contributed by atoms with van der Waals surface area (Å²) in [6, 6.07) is 10.0. The van der Waals surface area contributed by atoms with Gasteiger partial charge in [-0.3, -0.25) is 0 Å². The number of rotatable bonds is 2. The number of aryl methyl sites for hydroxylation is 1. The van der Waals surface area contributed by atoms with Crippen molar-refractivity contribution in [1.82, 2.24) is 9.78 Å². The number of nitrogens with two attached hydrogens (primary N) is 1. The van der Waals surface area contributed by atoms with Crippen LogP contribution in [0.15, 0.2) is 36.5 Å². The summed E-state index contributed by atoms with van der Waals surface area (Å²) in [6.45, 7) is 2.51. The van der Waals surface area contributed by atoms with E-state index in [4.69, 9.17) is 5.73 Å². The van der Waals surface area contributed by atoms with Gasteiger partial charge in [0.1, 0.15) is 0 Å². The van der Waals surface area contributed by atoms with Gasteiger partial charge in [0.2, 0.25) is 0 Å². The number of nitrogens with zero attached hydrogens (tertiary/aromatic N) is 2. The molecule has 0 atom stereocenters. The van der Waals surface area contributed by atoms with Crippen molar-refractivity contribution in [3.05, 3.63) is 47.8 Å². The standard InChI is InChI=1S/C11H13N3/c1-9-8-14(13-11(9)7-12)10-5-3-2-4-6-10/h2-6,8H,7,12H2,1H3. The summed E-state index contributed by atoms with van der Waals surface area (Å²) in [5.41, 5.74) is 8.72. The molecular weight excluding hydrogens is 174 g/mol. The van der Waals surface area contributed by atoms with Gasteiger partial charge in [-0.15, -0.1) is 0 Å². The van der Waals surface area contributed by atoms with Crippen LogP contribution in [0, 0.1) is 6.92 Å². The summed E-state index contributed by atoms with van der Waals surface area (Å²) in [6.07, 6.45) is 2.00. The predicted molar refractivity (Wildman–Crippen MR) is 56.2 cm³/mol. The summed E-state index contributed by atoms with van der Waals surface area (Å²) >= 11 is 0. The van der Waals surface area contributed by atoms with Crippen LogP contribution in [0.1, 0.15) is 11.3 Å². The highest BCUT2D eigenvalue weighted by atomic mass is 15.3. The van der Waals surface area contributed by atoms with Gasteiger partial charge in [-0.2, -0.15) is 5.10 Å². The quantitative estimate of drug-likeness (QED) is 0.776. The number of benzene rings is 1. The summed E-state index contributed by atoms with van der Waals surface area (Å²) in [7, 11) is 0. The second-order valence-electron chi connectivity index (χ2n) is 3.24. The highest BCUT2D eigenvalue weighted by molar-refractivity contribution is 5.32. The van der Waals surface area contributed by atoms with E-state index in [0.717, 1.165) is 16.9 Å². The fourth-order valence-electron chi connectivity index (χ4n) is 1.41. The molecule has 2 N–H and O–H groups in total. The molecule has 14 heavy (non-hydrogen) atoms. The van der Waals surface area contributed by atoms with Crippen molar-refractivity contribution in [3.8, 4) is 5.69 Å². The molecule has 1 aromatic heterocycles. The van der Waals surface area contributed by atoms with Gasteiger partial charge in [-0.05, 0) is 24.6 Å². The molecule has 0 aliphatic heterocycles. The van der Waals surface area contributed by atoms with E-state index in [0.29, 0.717) is 6.54 Å². The van der Waals surface area contributed by atoms with Crippen LogP contribution in [0.5, 0.6) is 0 Å². The molecule has 2 rings (SSSR count). The molecule has 0 saturated heterocycles. The zero-order valence-corrected chi connectivity index (χ0v) is 8.14. The summed E-state index contributed by atoms with van der Waals surface area (Å²) in [5, 5.41) is 4.39. The topological polar surface area (TPSA) is 43.8 Å². The molecule has 3 nitrogen and oxygen atoms in total. The number of hydrogen-bond donors (Lipinski definition) is 1. The van der Waals surface area contributed by atoms with E-state index >= 15 is 0 Å². The van der Waals surface area contributed by atoms with Crippen molar-refractivity contribution in [2.24, 2.45) is 5.73 Å². The maximum Gasteiger partial charge on any atom is 0.0793 e. The molecule has 0 bridgehead atoms. The SMILES string of the molecule is Cc1cn(-c2ccccc2)nc1CN. The molecule has 72 valence electrons. The van der Waals surface area contributed by atoms with E-state index < -0.39 is 0 Å². The van der Waals surface area contributed by atoms with E-state index in [2.05, 4.69) is 5.10 Å². The van der Waals surface area contributed by atoms with Gasteiger partial charge < -0.3 is 5.73 Å². The smallest absolute Gasteiger partial charge is 0.0793 e. The molecule has 2 aromatic rings. The van der Waals surface area contributed by atoms with Crippen LogP contribution in [0.25, 0.3) is 5.69 Å². The number of para-hydroxylation sites is 1. The van der Waals surface area contributed by atoms with Crippen molar-refractivity contribution >= 4 is 0 Å². The Morgan fingerprint density at radius 3 is 2.57 bits per heavy atom. The first-order valence-corrected chi connectivity index (χ1v) is 4.62. The van der Waals surface area contributed by atoms with Crippen LogP contribution in [0.2, 0.25) is 0 Å². The lowest BCUT2D eigenvalue weighted by Gasteiger charge is -1.98. The monoisotopic (exact) mass is 187 g/mol. The molecule has 0 spiro atoms. The average molecular weight is 187 g/mol. The van der Waals surface area contributed by atoms with E-state index in [-0.39, 0.29) is 0 Å². The summed E-state index contributed by atoms with van der Waals surface area (Å²) in [5.74, 6) is 0. The fraction of sp³-hybridized carbons (Fsp3) is 0.182. The maximum atomic E-state index is 5.57. The van der Waals surface area contributed by atoms with Crippen molar-refractivity contribution in [2.75, 3.05) is 0 Å². The lowest BCUT2D eigenvalue weighted by Crippen LogP contribution is -2.00. The van der Waals surface area contributed by atoms with E-state index in [1.807, 2.05) is 48.1 Å². The van der Waals surface area contributed by atoms with Crippen LogP contribution in [0.3, 0.4) is 0 Å². The van der Waals surface area contributed by atoms with Gasteiger partial charge in [0.25, 0.3) is 0 Å². The average Bonchev–Trinajstić information content (AvgIpc) is 2.61. The first-order chi connectivity index (χ1) is 6.81. The Kier molecular flexibility index (Phi) is 2.33. The Balaban J connectivity index is 2.43. The highest BCUT2D eigenvalue weighted by Gasteiger charge is 2.03. The second kappa shape index (κ2) is 3.64. The molecular formula is C11H13N3. The Hall–Kier alpha value is -1.61. The molecule has 0 radical (unpaired) electrons. The summed E-state index contributed by atoms with van der Waals surface area (Å²) in [4.78, 5) is 0. The van der Waals surface area contributed by atoms with Gasteiger partial charge in [0.15, 0.2) is 0 Å². The van der Waals surface area contributed by atoms with Crippen LogP contribution in [-0.4, -0.2) is 9.78 Å². The Morgan fingerprint density at radius 1 is 1.29 bits per heavy atom. The molecule has 0 amide bonds. The first kappa shape index (κ1) is 8.97. The van der Waals surface area contributed by atoms with Crippen molar-refractivity contribution < 1.29 is 0 Å². The Labute approximate surface area is 83.2 Å². The Bertz CT molecular complexity index is 417. The van der Waals surface area contributed by atoms with Crippen molar-refractivity contribution in [2.45, 2.75) is 13.5 Å². The Morgan fingerprint density at radius 2 is 2.00 bits per heavy atom. The highest BCUT2D eigenvalue weighted by Crippen LogP contribution is 2.10. The third kappa shape index (κ3) is 1.54. The van der Waals surface area contributed by atoms with Gasteiger partial charge >= 0.3 is 0 Å². The zero-order valence-electron chi connectivity index (χ0n) is 8.14. The molecule has 3 heteroatoms. The minimum Gasteiger partial charge on any atom is -0.325 e. The molecule has 1 aromatic carbocycles. The van der Waals surface area contributed by atoms with Crippen LogP contribution >= 0.6 is 0 Å². The molecule has 0 fully saturated rings. The normalized spacial score (nSPS) is 10.4. The minimum atomic E-state index is 0.492. The van der Waals surface area contributed by atoms with Crippen LogP contribution < -0.4 is 5.73 Å². The molecule has 0 aliphatic rings. The third-order valence-corrected chi connectivity index (χ3v) is 2.21. The van der Waals surface area contributed by atoms with Crippen LogP contribution in [-0.2, 0) is 6.54 Å². The zero-order chi connectivity index (χ0) is 9.97. The number of hydrogen-bond acceptors (Lipinski definition) is 2. The van der Waals surface area contributed by atoms with E-state index in [1.165, 1.54) is 0 Å². The van der Waals surface area contributed by atoms with Crippen molar-refractivity contribution in [3.63, 3.8) is 0 Å². The van der Waals surface area contributed by atoms with Crippen molar-refractivity contribution in [1.29, 1.82) is 0 Å². The van der Waals surface area contributed by atoms with E-state index in [1.54, 1.807) is 0 Å². The first-order valence-electron chi connectivity index (χ1n) is 4.62. The van der Waals surface area contributed by atoms with Gasteiger partial charge in [-0.25, -0.2) is 4.68 Å². The minimum absolute atomic E-state index is 0.492.